The lowest BCUT2D eigenvalue weighted by Crippen LogP contribution is -2.28. The Hall–Kier alpha value is -3.21. The van der Waals surface area contributed by atoms with E-state index in [2.05, 4.69) is 11.8 Å². The van der Waals surface area contributed by atoms with Crippen molar-refractivity contribution in [3.8, 4) is 0 Å². The first kappa shape index (κ1) is 22.0. The molecule has 1 N–H and O–H groups in total. The van der Waals surface area contributed by atoms with Gasteiger partial charge in [0.15, 0.2) is 5.60 Å². The molecule has 0 atom stereocenters. The quantitative estimate of drug-likeness (QED) is 0.348. The van der Waals surface area contributed by atoms with E-state index in [1.807, 2.05) is 78.9 Å². The van der Waals surface area contributed by atoms with E-state index in [9.17, 15) is 9.50 Å². The Labute approximate surface area is 188 Å². The number of furan rings is 1. The third-order valence-corrected chi connectivity index (χ3v) is 5.62. The molecule has 0 spiro atoms. The minimum atomic E-state index is -1.39. The van der Waals surface area contributed by atoms with Gasteiger partial charge in [0.05, 0.1) is 6.54 Å². The van der Waals surface area contributed by atoms with Gasteiger partial charge in [-0.2, -0.15) is 0 Å². The van der Waals surface area contributed by atoms with E-state index in [0.29, 0.717) is 18.8 Å². The van der Waals surface area contributed by atoms with Crippen LogP contribution < -0.4 is 0 Å². The molecule has 0 unspecified atom stereocenters. The summed E-state index contributed by atoms with van der Waals surface area (Å²) in [6.07, 6.45) is 0.973. The number of aliphatic hydroxyl groups is 1. The van der Waals surface area contributed by atoms with E-state index in [0.717, 1.165) is 35.4 Å². The van der Waals surface area contributed by atoms with Gasteiger partial charge in [-0.25, -0.2) is 4.39 Å². The Morgan fingerprint density at radius 1 is 0.812 bits per heavy atom. The fourth-order valence-electron chi connectivity index (χ4n) is 4.11. The van der Waals surface area contributed by atoms with Crippen LogP contribution in [0.25, 0.3) is 0 Å². The van der Waals surface area contributed by atoms with Crippen LogP contribution in [0.2, 0.25) is 0 Å². The SMILES string of the molecule is CCCN(Cc1cccc(F)c1)Cc1ccc(C(O)(c2ccccc2)c2ccccc2)o1. The molecule has 0 saturated carbocycles. The summed E-state index contributed by atoms with van der Waals surface area (Å²) in [5.74, 6) is 1.01. The first-order valence-corrected chi connectivity index (χ1v) is 11.0. The van der Waals surface area contributed by atoms with Crippen molar-refractivity contribution in [3.05, 3.63) is 131 Å². The molecule has 4 heteroatoms. The fraction of sp³-hybridized carbons (Fsp3) is 0.214. The highest BCUT2D eigenvalue weighted by Gasteiger charge is 2.37. The molecule has 0 fully saturated rings. The number of benzene rings is 3. The summed E-state index contributed by atoms with van der Waals surface area (Å²) in [7, 11) is 0. The van der Waals surface area contributed by atoms with Gasteiger partial charge in [-0.15, -0.1) is 0 Å². The molecule has 164 valence electrons. The smallest absolute Gasteiger partial charge is 0.173 e. The molecule has 0 bridgehead atoms. The average Bonchev–Trinajstić information content (AvgIpc) is 3.29. The van der Waals surface area contributed by atoms with Gasteiger partial charge in [0.1, 0.15) is 17.3 Å². The Morgan fingerprint density at radius 3 is 2.06 bits per heavy atom. The van der Waals surface area contributed by atoms with Crippen LogP contribution in [0.3, 0.4) is 0 Å². The molecule has 0 amide bonds. The van der Waals surface area contributed by atoms with Crippen molar-refractivity contribution in [3.63, 3.8) is 0 Å². The molecular weight excluding hydrogens is 401 g/mol. The number of halogens is 1. The van der Waals surface area contributed by atoms with Crippen molar-refractivity contribution in [2.45, 2.75) is 32.0 Å². The van der Waals surface area contributed by atoms with Crippen LogP contribution in [0.1, 0.15) is 41.6 Å². The van der Waals surface area contributed by atoms with Crippen LogP contribution in [0.5, 0.6) is 0 Å². The van der Waals surface area contributed by atoms with Crippen molar-refractivity contribution in [2.24, 2.45) is 0 Å². The number of hydrogen-bond donors (Lipinski definition) is 1. The Bertz CT molecular complexity index is 1080. The standard InChI is InChI=1S/C28H28FNO2/c1-2-18-30(20-22-10-9-15-25(29)19-22)21-26-16-17-27(32-26)28(31,23-11-5-3-6-12-23)24-13-7-4-8-14-24/h3-17,19,31H,2,18,20-21H2,1H3. The molecule has 3 aromatic carbocycles. The molecule has 0 saturated heterocycles. The number of hydrogen-bond acceptors (Lipinski definition) is 3. The van der Waals surface area contributed by atoms with Gasteiger partial charge in [0.2, 0.25) is 0 Å². The molecule has 0 aliphatic carbocycles. The maximum Gasteiger partial charge on any atom is 0.173 e. The first-order chi connectivity index (χ1) is 15.6. The molecule has 0 aliphatic heterocycles. The zero-order chi connectivity index (χ0) is 22.4. The van der Waals surface area contributed by atoms with Crippen molar-refractivity contribution < 1.29 is 13.9 Å². The van der Waals surface area contributed by atoms with Crippen molar-refractivity contribution >= 4 is 0 Å². The second-order valence-electron chi connectivity index (χ2n) is 8.05. The van der Waals surface area contributed by atoms with Gasteiger partial charge in [-0.05, 0) is 53.9 Å². The number of rotatable bonds is 9. The molecule has 4 aromatic rings. The average molecular weight is 430 g/mol. The molecule has 3 nitrogen and oxygen atoms in total. The Morgan fingerprint density at radius 2 is 1.47 bits per heavy atom. The zero-order valence-corrected chi connectivity index (χ0v) is 18.2. The molecule has 1 aromatic heterocycles. The molecule has 1 heterocycles. The monoisotopic (exact) mass is 429 g/mol. The van der Waals surface area contributed by atoms with Crippen LogP contribution in [0.4, 0.5) is 4.39 Å². The van der Waals surface area contributed by atoms with Gasteiger partial charge in [0.25, 0.3) is 0 Å². The second kappa shape index (κ2) is 9.94. The summed E-state index contributed by atoms with van der Waals surface area (Å²) in [5.41, 5.74) is 1.03. The second-order valence-corrected chi connectivity index (χ2v) is 8.05. The third kappa shape index (κ3) is 4.82. The maximum absolute atomic E-state index is 13.6. The van der Waals surface area contributed by atoms with E-state index in [1.54, 1.807) is 12.1 Å². The van der Waals surface area contributed by atoms with E-state index >= 15 is 0 Å². The van der Waals surface area contributed by atoms with Gasteiger partial charge >= 0.3 is 0 Å². The van der Waals surface area contributed by atoms with E-state index in [-0.39, 0.29) is 5.82 Å². The minimum Gasteiger partial charge on any atom is -0.461 e. The van der Waals surface area contributed by atoms with E-state index < -0.39 is 5.60 Å². The van der Waals surface area contributed by atoms with Gasteiger partial charge in [-0.1, -0.05) is 79.7 Å². The van der Waals surface area contributed by atoms with E-state index in [1.165, 1.54) is 6.07 Å². The summed E-state index contributed by atoms with van der Waals surface area (Å²) < 4.78 is 19.9. The molecule has 0 aliphatic rings. The van der Waals surface area contributed by atoms with Crippen molar-refractivity contribution in [1.82, 2.24) is 4.90 Å². The molecular formula is C28H28FNO2. The summed E-state index contributed by atoms with van der Waals surface area (Å²) in [6, 6.07) is 29.6. The normalized spacial score (nSPS) is 11.8. The minimum absolute atomic E-state index is 0.227. The maximum atomic E-state index is 13.6. The Balaban J connectivity index is 1.62. The lowest BCUT2D eigenvalue weighted by Gasteiger charge is -2.27. The highest BCUT2D eigenvalue weighted by Crippen LogP contribution is 2.37. The summed E-state index contributed by atoms with van der Waals surface area (Å²) in [5, 5.41) is 11.9. The predicted octanol–water partition coefficient (Wildman–Crippen LogP) is 6.12. The van der Waals surface area contributed by atoms with Crippen LogP contribution in [0, 0.1) is 5.82 Å². The van der Waals surface area contributed by atoms with Gasteiger partial charge in [-0.3, -0.25) is 4.90 Å². The van der Waals surface area contributed by atoms with Crippen LogP contribution in [0.15, 0.2) is 101 Å². The van der Waals surface area contributed by atoms with Gasteiger partial charge in [0, 0.05) is 6.54 Å². The van der Waals surface area contributed by atoms with Crippen molar-refractivity contribution in [2.75, 3.05) is 6.54 Å². The predicted molar refractivity (Wildman–Crippen MR) is 124 cm³/mol. The molecule has 4 rings (SSSR count). The first-order valence-electron chi connectivity index (χ1n) is 11.0. The highest BCUT2D eigenvalue weighted by molar-refractivity contribution is 5.43. The lowest BCUT2D eigenvalue weighted by atomic mass is 9.84. The van der Waals surface area contributed by atoms with E-state index in [4.69, 9.17) is 4.42 Å². The zero-order valence-electron chi connectivity index (χ0n) is 18.2. The summed E-state index contributed by atoms with van der Waals surface area (Å²) >= 11 is 0. The summed E-state index contributed by atoms with van der Waals surface area (Å²) in [4.78, 5) is 2.22. The van der Waals surface area contributed by atoms with Gasteiger partial charge < -0.3 is 9.52 Å². The topological polar surface area (TPSA) is 36.6 Å². The largest absolute Gasteiger partial charge is 0.461 e. The van der Waals surface area contributed by atoms with Crippen LogP contribution in [-0.4, -0.2) is 16.6 Å². The highest BCUT2D eigenvalue weighted by atomic mass is 19.1. The Kier molecular flexibility index (Phi) is 6.84. The van der Waals surface area contributed by atoms with Crippen molar-refractivity contribution in [1.29, 1.82) is 0 Å². The lowest BCUT2D eigenvalue weighted by molar-refractivity contribution is 0.0952. The third-order valence-electron chi connectivity index (χ3n) is 5.62. The number of nitrogens with zero attached hydrogens (tertiary/aromatic N) is 1. The fourth-order valence-corrected chi connectivity index (χ4v) is 4.11. The van der Waals surface area contributed by atoms with Crippen LogP contribution in [-0.2, 0) is 18.7 Å². The summed E-state index contributed by atoms with van der Waals surface area (Å²) in [6.45, 7) is 4.18. The van der Waals surface area contributed by atoms with Crippen LogP contribution >= 0.6 is 0 Å². The molecule has 32 heavy (non-hydrogen) atoms. The molecule has 0 radical (unpaired) electrons.